The van der Waals surface area contributed by atoms with Gasteiger partial charge in [-0.05, 0) is 36.4 Å². The van der Waals surface area contributed by atoms with Gasteiger partial charge in [-0.15, -0.1) is 0 Å². The summed E-state index contributed by atoms with van der Waals surface area (Å²) in [7, 11) is -2.19. The summed E-state index contributed by atoms with van der Waals surface area (Å²) in [5.41, 5.74) is 0. The highest BCUT2D eigenvalue weighted by Gasteiger charge is 2.25. The quantitative estimate of drug-likeness (QED) is 0.782. The zero-order valence-corrected chi connectivity index (χ0v) is 12.9. The maximum absolute atomic E-state index is 12.7. The van der Waals surface area contributed by atoms with E-state index in [0.29, 0.717) is 11.5 Å². The molecule has 116 valence electrons. The minimum absolute atomic E-state index is 0.0864. The van der Waals surface area contributed by atoms with E-state index in [1.165, 1.54) is 29.8 Å². The van der Waals surface area contributed by atoms with Crippen molar-refractivity contribution in [3.8, 4) is 11.8 Å². The van der Waals surface area contributed by atoms with Gasteiger partial charge < -0.3 is 9.15 Å². The monoisotopic (exact) mass is 320 g/mol. The molecule has 0 aliphatic carbocycles. The van der Waals surface area contributed by atoms with E-state index in [9.17, 15) is 8.42 Å². The zero-order chi connectivity index (χ0) is 16.0. The van der Waals surface area contributed by atoms with Gasteiger partial charge in [0.2, 0.25) is 10.0 Å². The lowest BCUT2D eigenvalue weighted by atomic mass is 10.3. The second-order valence-electron chi connectivity index (χ2n) is 4.50. The maximum Gasteiger partial charge on any atom is 0.243 e. The molecule has 22 heavy (non-hydrogen) atoms. The third-order valence-electron chi connectivity index (χ3n) is 3.08. The van der Waals surface area contributed by atoms with E-state index >= 15 is 0 Å². The van der Waals surface area contributed by atoms with Crippen molar-refractivity contribution in [3.05, 3.63) is 48.4 Å². The SMILES string of the molecule is COc1ccc(S(=O)(=O)N(CCC#N)Cc2ccco2)cc1. The van der Waals surface area contributed by atoms with Crippen molar-refractivity contribution in [2.45, 2.75) is 17.9 Å². The Hall–Kier alpha value is -2.30. The summed E-state index contributed by atoms with van der Waals surface area (Å²) in [5, 5.41) is 8.73. The second-order valence-corrected chi connectivity index (χ2v) is 6.44. The van der Waals surface area contributed by atoms with Crippen LogP contribution in [0.1, 0.15) is 12.2 Å². The highest BCUT2D eigenvalue weighted by molar-refractivity contribution is 7.89. The molecule has 0 saturated heterocycles. The summed E-state index contributed by atoms with van der Waals surface area (Å²) in [6.07, 6.45) is 1.59. The topological polar surface area (TPSA) is 83.5 Å². The smallest absolute Gasteiger partial charge is 0.243 e. The highest BCUT2D eigenvalue weighted by Crippen LogP contribution is 2.21. The molecule has 0 spiro atoms. The van der Waals surface area contributed by atoms with Gasteiger partial charge in [-0.2, -0.15) is 9.57 Å². The molecule has 0 bridgehead atoms. The predicted molar refractivity (Wildman–Crippen MR) is 79.5 cm³/mol. The molecule has 0 radical (unpaired) electrons. The Morgan fingerprint density at radius 3 is 2.55 bits per heavy atom. The summed E-state index contributed by atoms with van der Waals surface area (Å²) in [5.74, 6) is 1.10. The van der Waals surface area contributed by atoms with Crippen LogP contribution in [-0.4, -0.2) is 26.4 Å². The number of sulfonamides is 1. The molecule has 0 fully saturated rings. The lowest BCUT2D eigenvalue weighted by molar-refractivity contribution is 0.368. The van der Waals surface area contributed by atoms with Gasteiger partial charge in [-0.3, -0.25) is 0 Å². The molecule has 7 heteroatoms. The first-order valence-corrected chi connectivity index (χ1v) is 8.05. The van der Waals surface area contributed by atoms with Crippen LogP contribution in [0.25, 0.3) is 0 Å². The number of nitriles is 1. The fourth-order valence-electron chi connectivity index (χ4n) is 1.93. The van der Waals surface area contributed by atoms with Crippen molar-refractivity contribution in [2.75, 3.05) is 13.7 Å². The van der Waals surface area contributed by atoms with Gasteiger partial charge in [0.1, 0.15) is 11.5 Å². The third-order valence-corrected chi connectivity index (χ3v) is 4.94. The van der Waals surface area contributed by atoms with Gasteiger partial charge >= 0.3 is 0 Å². The Labute approximate surface area is 129 Å². The van der Waals surface area contributed by atoms with Gasteiger partial charge in [0.15, 0.2) is 0 Å². The van der Waals surface area contributed by atoms with Crippen molar-refractivity contribution in [1.82, 2.24) is 4.31 Å². The first-order valence-electron chi connectivity index (χ1n) is 6.61. The van der Waals surface area contributed by atoms with Crippen LogP contribution in [0.3, 0.4) is 0 Å². The Balaban J connectivity index is 2.28. The Morgan fingerprint density at radius 1 is 1.27 bits per heavy atom. The zero-order valence-electron chi connectivity index (χ0n) is 12.1. The van der Waals surface area contributed by atoms with Gasteiger partial charge in [0, 0.05) is 13.0 Å². The number of nitrogens with zero attached hydrogens (tertiary/aromatic N) is 2. The Kier molecular flexibility index (Phi) is 5.20. The van der Waals surface area contributed by atoms with Crippen LogP contribution in [0, 0.1) is 11.3 Å². The highest BCUT2D eigenvalue weighted by atomic mass is 32.2. The number of methoxy groups -OCH3 is 1. The summed E-state index contributed by atoms with van der Waals surface area (Å²) in [6, 6.07) is 11.5. The molecule has 1 aromatic heterocycles. The molecule has 0 unspecified atom stereocenters. The van der Waals surface area contributed by atoms with E-state index < -0.39 is 10.0 Å². The fourth-order valence-corrected chi connectivity index (χ4v) is 3.34. The molecule has 1 heterocycles. The van der Waals surface area contributed by atoms with E-state index in [-0.39, 0.29) is 24.4 Å². The molecule has 0 N–H and O–H groups in total. The number of rotatable bonds is 7. The van der Waals surface area contributed by atoms with Crippen LogP contribution in [-0.2, 0) is 16.6 Å². The molecule has 2 aromatic rings. The van der Waals surface area contributed by atoms with E-state index in [1.807, 2.05) is 6.07 Å². The molecule has 0 atom stereocenters. The molecular weight excluding hydrogens is 304 g/mol. The van der Waals surface area contributed by atoms with E-state index in [4.69, 9.17) is 14.4 Å². The number of ether oxygens (including phenoxy) is 1. The fraction of sp³-hybridized carbons (Fsp3) is 0.267. The molecule has 2 rings (SSSR count). The first-order chi connectivity index (χ1) is 10.6. The summed E-state index contributed by atoms with van der Waals surface area (Å²) in [6.45, 7) is 0.189. The van der Waals surface area contributed by atoms with Crippen LogP contribution in [0.2, 0.25) is 0 Å². The van der Waals surface area contributed by atoms with Gasteiger partial charge in [0.25, 0.3) is 0 Å². The molecule has 6 nitrogen and oxygen atoms in total. The van der Waals surface area contributed by atoms with Gasteiger partial charge in [-0.25, -0.2) is 8.42 Å². The van der Waals surface area contributed by atoms with Gasteiger partial charge in [0.05, 0.1) is 30.9 Å². The van der Waals surface area contributed by atoms with E-state index in [2.05, 4.69) is 0 Å². The third kappa shape index (κ3) is 3.67. The first kappa shape index (κ1) is 16.1. The standard InChI is InChI=1S/C15H16N2O4S/c1-20-13-5-7-15(8-6-13)22(18,19)17(10-3-9-16)12-14-4-2-11-21-14/h2,4-8,11H,3,10,12H2,1H3. The van der Waals surface area contributed by atoms with Crippen LogP contribution >= 0.6 is 0 Å². The summed E-state index contributed by atoms with van der Waals surface area (Å²) in [4.78, 5) is 0.151. The second kappa shape index (κ2) is 7.11. The average molecular weight is 320 g/mol. The van der Waals surface area contributed by atoms with Crippen molar-refractivity contribution in [2.24, 2.45) is 0 Å². The minimum Gasteiger partial charge on any atom is -0.497 e. The van der Waals surface area contributed by atoms with Crippen molar-refractivity contribution < 1.29 is 17.6 Å². The maximum atomic E-state index is 12.7. The minimum atomic E-state index is -3.71. The lowest BCUT2D eigenvalue weighted by Gasteiger charge is -2.20. The lowest BCUT2D eigenvalue weighted by Crippen LogP contribution is -2.31. The Bertz CT molecular complexity index is 731. The number of hydrogen-bond acceptors (Lipinski definition) is 5. The molecule has 0 saturated carbocycles. The molecular formula is C15H16N2O4S. The summed E-state index contributed by atoms with van der Waals surface area (Å²) < 4.78 is 36.9. The largest absolute Gasteiger partial charge is 0.497 e. The molecule has 0 amide bonds. The number of benzene rings is 1. The van der Waals surface area contributed by atoms with Crippen molar-refractivity contribution in [3.63, 3.8) is 0 Å². The van der Waals surface area contributed by atoms with Crippen LogP contribution in [0.15, 0.2) is 52.0 Å². The molecule has 0 aliphatic heterocycles. The number of hydrogen-bond donors (Lipinski definition) is 0. The van der Waals surface area contributed by atoms with Crippen LogP contribution < -0.4 is 4.74 Å². The molecule has 0 aliphatic rings. The normalized spacial score (nSPS) is 11.3. The summed E-state index contributed by atoms with van der Waals surface area (Å²) >= 11 is 0. The molecule has 1 aromatic carbocycles. The van der Waals surface area contributed by atoms with E-state index in [0.717, 1.165) is 0 Å². The number of furan rings is 1. The average Bonchev–Trinajstić information content (AvgIpc) is 3.04. The van der Waals surface area contributed by atoms with Gasteiger partial charge in [-0.1, -0.05) is 0 Å². The van der Waals surface area contributed by atoms with Crippen molar-refractivity contribution >= 4 is 10.0 Å². The van der Waals surface area contributed by atoms with E-state index in [1.54, 1.807) is 24.3 Å². The van der Waals surface area contributed by atoms with Crippen LogP contribution in [0.5, 0.6) is 5.75 Å². The Morgan fingerprint density at radius 2 is 2.00 bits per heavy atom. The van der Waals surface area contributed by atoms with Crippen LogP contribution in [0.4, 0.5) is 0 Å². The predicted octanol–water partition coefficient (Wildman–Crippen LogP) is 2.39. The van der Waals surface area contributed by atoms with Crippen molar-refractivity contribution in [1.29, 1.82) is 5.26 Å².